The lowest BCUT2D eigenvalue weighted by atomic mass is 10.0. The van der Waals surface area contributed by atoms with E-state index in [0.29, 0.717) is 5.92 Å². The predicted molar refractivity (Wildman–Crippen MR) is 133 cm³/mol. The number of hydrogen-bond donors (Lipinski definition) is 1. The highest BCUT2D eigenvalue weighted by molar-refractivity contribution is 5.28. The molecule has 2 nitrogen and oxygen atoms in total. The minimum atomic E-state index is 0.694. The molecule has 0 spiro atoms. The fourth-order valence-electron chi connectivity index (χ4n) is 3.83. The van der Waals surface area contributed by atoms with Gasteiger partial charge in [0.1, 0.15) is 5.75 Å². The van der Waals surface area contributed by atoms with E-state index in [1.54, 1.807) is 0 Å². The highest BCUT2D eigenvalue weighted by atomic mass is 16.5. The first-order valence-electron chi connectivity index (χ1n) is 13.1. The molecule has 1 aromatic carbocycles. The molecule has 2 heteroatoms. The third-order valence-electron chi connectivity index (χ3n) is 5.90. The van der Waals surface area contributed by atoms with Gasteiger partial charge in [-0.25, -0.2) is 0 Å². The zero-order valence-corrected chi connectivity index (χ0v) is 20.5. The second-order valence-electron chi connectivity index (χ2n) is 9.45. The van der Waals surface area contributed by atoms with Crippen LogP contribution in [-0.2, 0) is 6.54 Å². The summed E-state index contributed by atoms with van der Waals surface area (Å²) < 4.78 is 5.86. The molecule has 0 radical (unpaired) electrons. The van der Waals surface area contributed by atoms with Crippen LogP contribution >= 0.6 is 0 Å². The van der Waals surface area contributed by atoms with Gasteiger partial charge in [0.2, 0.25) is 0 Å². The fraction of sp³-hybridized carbons (Fsp3) is 0.786. The van der Waals surface area contributed by atoms with E-state index in [0.717, 1.165) is 31.9 Å². The van der Waals surface area contributed by atoms with E-state index in [1.807, 2.05) is 0 Å². The number of ether oxygens (including phenoxy) is 1. The van der Waals surface area contributed by atoms with Crippen molar-refractivity contribution in [2.45, 2.75) is 124 Å². The maximum atomic E-state index is 5.86. The van der Waals surface area contributed by atoms with E-state index in [1.165, 1.54) is 95.5 Å². The molecule has 0 saturated carbocycles. The average molecular weight is 418 g/mol. The Morgan fingerprint density at radius 1 is 0.767 bits per heavy atom. The van der Waals surface area contributed by atoms with Gasteiger partial charge >= 0.3 is 0 Å². The molecule has 0 bridgehead atoms. The smallest absolute Gasteiger partial charge is 0.119 e. The van der Waals surface area contributed by atoms with Crippen LogP contribution < -0.4 is 10.1 Å². The molecule has 0 aliphatic carbocycles. The molecule has 0 amide bonds. The molecule has 0 heterocycles. The van der Waals surface area contributed by atoms with Gasteiger partial charge in [-0.2, -0.15) is 0 Å². The van der Waals surface area contributed by atoms with Gasteiger partial charge in [-0.3, -0.25) is 0 Å². The highest BCUT2D eigenvalue weighted by Gasteiger charge is 1.99. The maximum absolute atomic E-state index is 5.86. The minimum absolute atomic E-state index is 0.694. The molecule has 174 valence electrons. The maximum Gasteiger partial charge on any atom is 0.119 e. The Hall–Kier alpha value is -1.02. The van der Waals surface area contributed by atoms with Crippen molar-refractivity contribution < 1.29 is 4.74 Å². The summed E-state index contributed by atoms with van der Waals surface area (Å²) in [7, 11) is 0. The van der Waals surface area contributed by atoms with Crippen LogP contribution in [-0.4, -0.2) is 13.2 Å². The summed E-state index contributed by atoms with van der Waals surface area (Å²) in [5, 5.41) is 3.59. The first-order chi connectivity index (χ1) is 14.7. The van der Waals surface area contributed by atoms with Gasteiger partial charge in [0.25, 0.3) is 0 Å². The molecule has 1 rings (SSSR count). The van der Waals surface area contributed by atoms with Crippen molar-refractivity contribution in [3.63, 3.8) is 0 Å². The van der Waals surface area contributed by atoms with Gasteiger partial charge in [-0.1, -0.05) is 116 Å². The Morgan fingerprint density at radius 3 is 1.90 bits per heavy atom. The minimum Gasteiger partial charge on any atom is -0.494 e. The molecule has 1 N–H and O–H groups in total. The van der Waals surface area contributed by atoms with Crippen molar-refractivity contribution in [1.82, 2.24) is 5.32 Å². The van der Waals surface area contributed by atoms with Crippen molar-refractivity contribution in [2.75, 3.05) is 13.2 Å². The van der Waals surface area contributed by atoms with E-state index in [-0.39, 0.29) is 0 Å². The van der Waals surface area contributed by atoms with Crippen LogP contribution in [0.1, 0.15) is 123 Å². The number of nitrogens with one attached hydrogen (secondary N) is 1. The summed E-state index contributed by atoms with van der Waals surface area (Å²) in [6.45, 7) is 9.65. The zero-order valence-electron chi connectivity index (χ0n) is 20.5. The molecular formula is C28H51NO. The molecule has 0 aromatic heterocycles. The summed E-state index contributed by atoms with van der Waals surface area (Å²) in [4.78, 5) is 0. The first-order valence-corrected chi connectivity index (χ1v) is 13.1. The van der Waals surface area contributed by atoms with Crippen LogP contribution in [0.3, 0.4) is 0 Å². The molecule has 0 aliphatic heterocycles. The highest BCUT2D eigenvalue weighted by Crippen LogP contribution is 2.15. The number of hydrogen-bond acceptors (Lipinski definition) is 2. The Bertz CT molecular complexity index is 485. The molecule has 0 aliphatic rings. The molecule has 0 atom stereocenters. The Labute approximate surface area is 188 Å². The lowest BCUT2D eigenvalue weighted by Gasteiger charge is -2.10. The summed E-state index contributed by atoms with van der Waals surface area (Å²) >= 11 is 0. The summed E-state index contributed by atoms with van der Waals surface area (Å²) in [6.07, 6.45) is 21.0. The van der Waals surface area contributed by atoms with E-state index in [2.05, 4.69) is 50.4 Å². The molecule has 0 unspecified atom stereocenters. The van der Waals surface area contributed by atoms with Gasteiger partial charge in [-0.05, 0) is 43.0 Å². The molecule has 0 fully saturated rings. The monoisotopic (exact) mass is 417 g/mol. The standard InChI is InChI=1S/C28H51NO/c1-4-5-6-7-8-9-10-11-12-13-14-15-16-17-22-29-25-27-19-18-20-28(24-27)30-23-21-26(2)3/h18-20,24,26,29H,4-17,21-23,25H2,1-3H3. The number of benzene rings is 1. The zero-order chi connectivity index (χ0) is 21.7. The normalized spacial score (nSPS) is 11.3. The van der Waals surface area contributed by atoms with Crippen molar-refractivity contribution in [1.29, 1.82) is 0 Å². The molecule has 30 heavy (non-hydrogen) atoms. The summed E-state index contributed by atoms with van der Waals surface area (Å²) in [5.41, 5.74) is 1.32. The van der Waals surface area contributed by atoms with Gasteiger partial charge in [0.15, 0.2) is 0 Å². The van der Waals surface area contributed by atoms with Crippen LogP contribution in [0.5, 0.6) is 5.75 Å². The number of unbranched alkanes of at least 4 members (excludes halogenated alkanes) is 13. The van der Waals surface area contributed by atoms with Crippen LogP contribution in [0, 0.1) is 5.92 Å². The summed E-state index contributed by atoms with van der Waals surface area (Å²) in [5.74, 6) is 1.70. The van der Waals surface area contributed by atoms with Crippen LogP contribution in [0.2, 0.25) is 0 Å². The van der Waals surface area contributed by atoms with Crippen LogP contribution in [0.25, 0.3) is 0 Å². The van der Waals surface area contributed by atoms with Crippen LogP contribution in [0.4, 0.5) is 0 Å². The Balaban J connectivity index is 1.87. The lowest BCUT2D eigenvalue weighted by Crippen LogP contribution is -2.14. The Morgan fingerprint density at radius 2 is 1.33 bits per heavy atom. The van der Waals surface area contributed by atoms with Crippen molar-refractivity contribution in [2.24, 2.45) is 5.92 Å². The van der Waals surface area contributed by atoms with Gasteiger partial charge in [-0.15, -0.1) is 0 Å². The summed E-state index contributed by atoms with van der Waals surface area (Å²) in [6, 6.07) is 8.54. The number of rotatable bonds is 21. The molecule has 0 saturated heterocycles. The third-order valence-corrected chi connectivity index (χ3v) is 5.90. The predicted octanol–water partition coefficient (Wildman–Crippen LogP) is 8.68. The lowest BCUT2D eigenvalue weighted by molar-refractivity contribution is 0.289. The second-order valence-corrected chi connectivity index (χ2v) is 9.45. The van der Waals surface area contributed by atoms with Crippen molar-refractivity contribution in [3.8, 4) is 5.75 Å². The largest absolute Gasteiger partial charge is 0.494 e. The van der Waals surface area contributed by atoms with Gasteiger partial charge in [0, 0.05) is 6.54 Å². The van der Waals surface area contributed by atoms with Crippen LogP contribution in [0.15, 0.2) is 24.3 Å². The SMILES string of the molecule is CCCCCCCCCCCCCCCCNCc1cccc(OCCC(C)C)c1. The van der Waals surface area contributed by atoms with E-state index in [4.69, 9.17) is 4.74 Å². The average Bonchev–Trinajstić information content (AvgIpc) is 2.73. The first kappa shape index (κ1) is 27.0. The molecular weight excluding hydrogens is 366 g/mol. The fourth-order valence-corrected chi connectivity index (χ4v) is 3.83. The Kier molecular flexibility index (Phi) is 17.9. The molecule has 1 aromatic rings. The van der Waals surface area contributed by atoms with E-state index >= 15 is 0 Å². The van der Waals surface area contributed by atoms with Crippen molar-refractivity contribution >= 4 is 0 Å². The van der Waals surface area contributed by atoms with Gasteiger partial charge in [0.05, 0.1) is 6.61 Å². The second kappa shape index (κ2) is 19.9. The van der Waals surface area contributed by atoms with Crippen molar-refractivity contribution in [3.05, 3.63) is 29.8 Å². The van der Waals surface area contributed by atoms with E-state index in [9.17, 15) is 0 Å². The topological polar surface area (TPSA) is 21.3 Å². The van der Waals surface area contributed by atoms with Gasteiger partial charge < -0.3 is 10.1 Å². The quantitative estimate of drug-likeness (QED) is 0.202. The third kappa shape index (κ3) is 16.7. The van der Waals surface area contributed by atoms with E-state index < -0.39 is 0 Å².